The smallest absolute Gasteiger partial charge is 0.338 e. The van der Waals surface area contributed by atoms with Gasteiger partial charge in [0.1, 0.15) is 5.01 Å². The van der Waals surface area contributed by atoms with Crippen LogP contribution in [0, 0.1) is 0 Å². The Morgan fingerprint density at radius 1 is 0.919 bits per heavy atom. The fraction of sp³-hybridized carbons (Fsp3) is 0.267. The molecule has 0 radical (unpaired) electrons. The summed E-state index contributed by atoms with van der Waals surface area (Å²) in [6, 6.07) is 21.2. The summed E-state index contributed by atoms with van der Waals surface area (Å²) in [5.41, 5.74) is 8.38. The van der Waals surface area contributed by atoms with Crippen molar-refractivity contribution in [3.63, 3.8) is 0 Å². The van der Waals surface area contributed by atoms with E-state index < -0.39 is 0 Å². The van der Waals surface area contributed by atoms with Crippen LogP contribution in [0.4, 0.5) is 5.69 Å². The predicted molar refractivity (Wildman–Crippen MR) is 152 cm³/mol. The number of aromatic nitrogens is 1. The van der Waals surface area contributed by atoms with Gasteiger partial charge in [0.2, 0.25) is 0 Å². The molecule has 3 aromatic carbocycles. The highest BCUT2D eigenvalue weighted by molar-refractivity contribution is 7.21. The van der Waals surface area contributed by atoms with Crippen LogP contribution >= 0.6 is 11.3 Å². The Morgan fingerprint density at radius 2 is 1.70 bits per heavy atom. The number of nitrogens with one attached hydrogen (secondary N) is 2. The summed E-state index contributed by atoms with van der Waals surface area (Å²) in [6.07, 6.45) is 3.05. The quantitative estimate of drug-likeness (QED) is 0.360. The van der Waals surface area contributed by atoms with Gasteiger partial charge in [-0.05, 0) is 65.6 Å². The lowest BCUT2D eigenvalue weighted by Gasteiger charge is -2.29. The number of nitrogens with zero attached hydrogens (tertiary/aromatic N) is 2. The van der Waals surface area contributed by atoms with Crippen molar-refractivity contribution < 1.29 is 9.53 Å². The van der Waals surface area contributed by atoms with Crippen molar-refractivity contribution in [1.29, 1.82) is 0 Å². The van der Waals surface area contributed by atoms with Crippen LogP contribution in [0.25, 0.3) is 37.5 Å². The summed E-state index contributed by atoms with van der Waals surface area (Å²) in [7, 11) is 1.43. The lowest BCUT2D eigenvalue weighted by atomic mass is 9.91. The lowest BCUT2D eigenvalue weighted by Crippen LogP contribution is -2.43. The van der Waals surface area contributed by atoms with Crippen molar-refractivity contribution >= 4 is 38.8 Å². The van der Waals surface area contributed by atoms with Gasteiger partial charge in [-0.2, -0.15) is 0 Å². The topological polar surface area (TPSA) is 66.5 Å². The van der Waals surface area contributed by atoms with Gasteiger partial charge in [0.05, 0.1) is 22.9 Å². The van der Waals surface area contributed by atoms with Gasteiger partial charge < -0.3 is 20.3 Å². The molecule has 0 saturated carbocycles. The number of benzene rings is 3. The third-order valence-corrected chi connectivity index (χ3v) is 8.22. The maximum Gasteiger partial charge on any atom is 0.338 e. The van der Waals surface area contributed by atoms with Crippen LogP contribution in [-0.4, -0.2) is 57.3 Å². The average molecular weight is 511 g/mol. The van der Waals surface area contributed by atoms with Crippen LogP contribution in [0.5, 0.6) is 0 Å². The summed E-state index contributed by atoms with van der Waals surface area (Å²) in [5.74, 6) is -0.299. The summed E-state index contributed by atoms with van der Waals surface area (Å²) in [4.78, 5) is 19.8. The van der Waals surface area contributed by atoms with Gasteiger partial charge in [0, 0.05) is 44.0 Å². The maximum absolute atomic E-state index is 12.4. The number of methoxy groups -OCH3 is 1. The Morgan fingerprint density at radius 3 is 2.46 bits per heavy atom. The van der Waals surface area contributed by atoms with E-state index in [0.717, 1.165) is 78.5 Å². The van der Waals surface area contributed by atoms with E-state index in [-0.39, 0.29) is 5.97 Å². The number of ether oxygens (including phenoxy) is 1. The highest BCUT2D eigenvalue weighted by Crippen LogP contribution is 2.35. The highest BCUT2D eigenvalue weighted by Gasteiger charge is 2.18. The molecule has 4 aromatic rings. The molecule has 0 unspecified atom stereocenters. The molecule has 188 valence electrons. The molecule has 2 aliphatic heterocycles. The summed E-state index contributed by atoms with van der Waals surface area (Å²) >= 11 is 1.74. The number of anilines is 1. The minimum Gasteiger partial charge on any atom is -0.465 e. The van der Waals surface area contributed by atoms with Crippen LogP contribution in [0.2, 0.25) is 0 Å². The van der Waals surface area contributed by atoms with E-state index in [2.05, 4.69) is 70.1 Å². The van der Waals surface area contributed by atoms with Crippen LogP contribution in [0.1, 0.15) is 22.3 Å². The van der Waals surface area contributed by atoms with Gasteiger partial charge in [-0.3, -0.25) is 0 Å². The first kappa shape index (κ1) is 23.9. The molecule has 0 aliphatic carbocycles. The second kappa shape index (κ2) is 10.5. The zero-order valence-corrected chi connectivity index (χ0v) is 21.7. The van der Waals surface area contributed by atoms with Gasteiger partial charge in [0.15, 0.2) is 0 Å². The highest BCUT2D eigenvalue weighted by atomic mass is 32.1. The molecule has 2 N–H and O–H groups in total. The van der Waals surface area contributed by atoms with Gasteiger partial charge >= 0.3 is 5.97 Å². The van der Waals surface area contributed by atoms with E-state index in [4.69, 9.17) is 9.72 Å². The van der Waals surface area contributed by atoms with E-state index in [9.17, 15) is 4.79 Å². The second-order valence-corrected chi connectivity index (χ2v) is 10.5. The zero-order chi connectivity index (χ0) is 25.2. The number of fused-ring (bicyclic) bond motifs is 1. The molecule has 2 aliphatic rings. The number of carbonyl (C=O) groups excluding carboxylic acids is 1. The second-order valence-electron chi connectivity index (χ2n) is 9.42. The number of piperazine rings is 1. The van der Waals surface area contributed by atoms with E-state index in [1.54, 1.807) is 11.3 Å². The number of hydrogen-bond donors (Lipinski definition) is 2. The molecule has 1 saturated heterocycles. The largest absolute Gasteiger partial charge is 0.465 e. The first-order valence-electron chi connectivity index (χ1n) is 12.8. The maximum atomic E-state index is 12.4. The summed E-state index contributed by atoms with van der Waals surface area (Å²) in [5, 5.41) is 7.79. The Bertz CT molecular complexity index is 1470. The van der Waals surface area contributed by atoms with E-state index >= 15 is 0 Å². The molecule has 0 amide bonds. The molecule has 37 heavy (non-hydrogen) atoms. The standard InChI is InChI=1S/C30H30N4O2S/c1-36-30(35)25-8-6-23(18-26(25)21-10-12-31-13-11-21)20-2-4-22(5-3-20)29-33-27-9-7-24(19-28(27)37-29)34-16-14-32-15-17-34/h2-10,18-19,31-32H,11-17H2,1H3. The van der Waals surface area contributed by atoms with Crippen molar-refractivity contribution in [2.75, 3.05) is 51.3 Å². The number of esters is 1. The third-order valence-electron chi connectivity index (χ3n) is 7.15. The van der Waals surface area contributed by atoms with E-state index in [1.807, 2.05) is 12.1 Å². The van der Waals surface area contributed by atoms with Crippen LogP contribution in [0.3, 0.4) is 0 Å². The monoisotopic (exact) mass is 510 g/mol. The average Bonchev–Trinajstić information content (AvgIpc) is 3.41. The van der Waals surface area contributed by atoms with Crippen LogP contribution in [-0.2, 0) is 4.74 Å². The molecule has 0 atom stereocenters. The molecular weight excluding hydrogens is 480 g/mol. The molecule has 6 rings (SSSR count). The number of hydrogen-bond acceptors (Lipinski definition) is 7. The number of thiazole rings is 1. The van der Waals surface area contributed by atoms with Gasteiger partial charge in [-0.25, -0.2) is 9.78 Å². The Hall–Kier alpha value is -3.52. The molecule has 6 nitrogen and oxygen atoms in total. The van der Waals surface area contributed by atoms with Crippen LogP contribution in [0.15, 0.2) is 66.7 Å². The van der Waals surface area contributed by atoms with E-state index in [0.29, 0.717) is 5.56 Å². The van der Waals surface area contributed by atoms with Gasteiger partial charge in [-0.15, -0.1) is 11.3 Å². The first-order valence-corrected chi connectivity index (χ1v) is 13.6. The third kappa shape index (κ3) is 4.90. The Balaban J connectivity index is 1.29. The fourth-order valence-electron chi connectivity index (χ4n) is 5.11. The molecule has 1 fully saturated rings. The van der Waals surface area contributed by atoms with Crippen molar-refractivity contribution in [3.8, 4) is 21.7 Å². The Labute approximate surface area is 221 Å². The normalized spacial score (nSPS) is 16.0. The van der Waals surface area contributed by atoms with Crippen molar-refractivity contribution in [1.82, 2.24) is 15.6 Å². The number of carbonyl (C=O) groups is 1. The Kier molecular flexibility index (Phi) is 6.74. The molecular formula is C30H30N4O2S. The molecule has 1 aromatic heterocycles. The molecule has 0 bridgehead atoms. The van der Waals surface area contributed by atoms with Gasteiger partial charge in [-0.1, -0.05) is 36.4 Å². The molecule has 3 heterocycles. The van der Waals surface area contributed by atoms with Crippen molar-refractivity contribution in [2.45, 2.75) is 6.42 Å². The predicted octanol–water partition coefficient (Wildman–Crippen LogP) is 5.20. The first-order chi connectivity index (χ1) is 18.2. The summed E-state index contributed by atoms with van der Waals surface area (Å²) in [6.45, 7) is 5.85. The van der Waals surface area contributed by atoms with E-state index in [1.165, 1.54) is 23.1 Å². The summed E-state index contributed by atoms with van der Waals surface area (Å²) < 4.78 is 6.27. The van der Waals surface area contributed by atoms with Crippen LogP contribution < -0.4 is 15.5 Å². The van der Waals surface area contributed by atoms with Crippen molar-refractivity contribution in [2.24, 2.45) is 0 Å². The lowest BCUT2D eigenvalue weighted by molar-refractivity contribution is 0.0600. The number of rotatable bonds is 5. The fourth-order valence-corrected chi connectivity index (χ4v) is 6.11. The minimum atomic E-state index is -0.299. The SMILES string of the molecule is COC(=O)c1ccc(-c2ccc(-c3nc4ccc(N5CCNCC5)cc4s3)cc2)cc1C1=CCNCC1. The molecule has 7 heteroatoms. The van der Waals surface area contributed by atoms with Crippen molar-refractivity contribution in [3.05, 3.63) is 77.9 Å². The van der Waals surface area contributed by atoms with Gasteiger partial charge in [0.25, 0.3) is 0 Å². The zero-order valence-electron chi connectivity index (χ0n) is 20.9. The molecule has 0 spiro atoms. The minimum absolute atomic E-state index is 0.299.